The third-order valence-corrected chi connectivity index (χ3v) is 5.92. The van der Waals surface area contributed by atoms with Gasteiger partial charge in [-0.15, -0.1) is 0 Å². The van der Waals surface area contributed by atoms with Crippen LogP contribution < -0.4 is 0 Å². The van der Waals surface area contributed by atoms with Gasteiger partial charge >= 0.3 is 5.97 Å². The van der Waals surface area contributed by atoms with Crippen LogP contribution in [0.15, 0.2) is 4.47 Å². The van der Waals surface area contributed by atoms with Gasteiger partial charge in [-0.05, 0) is 42.6 Å². The number of carbonyl (C=O) groups excluding carboxylic acids is 1. The maximum absolute atomic E-state index is 11.0. The van der Waals surface area contributed by atoms with Gasteiger partial charge in [0.25, 0.3) is 0 Å². The molecule has 4 nitrogen and oxygen atoms in total. The number of esters is 1. The van der Waals surface area contributed by atoms with Gasteiger partial charge in [-0.25, -0.2) is 0 Å². The van der Waals surface area contributed by atoms with Crippen LogP contribution in [0.4, 0.5) is 0 Å². The maximum Gasteiger partial charge on any atom is 0.305 e. The molecule has 1 aromatic heterocycles. The fraction of sp³-hybridized carbons (Fsp3) is 0.800. The molecule has 0 aliphatic rings. The molecule has 25 heavy (non-hydrogen) atoms. The monoisotopic (exact) mass is 414 g/mol. The van der Waals surface area contributed by atoms with Gasteiger partial charge in [-0.1, -0.05) is 57.8 Å². The summed E-state index contributed by atoms with van der Waals surface area (Å²) in [6, 6.07) is 0. The Balaban J connectivity index is 1.86. The Labute approximate surface area is 161 Å². The Bertz CT molecular complexity index is 500. The fourth-order valence-corrected chi connectivity index (χ4v) is 3.40. The molecule has 1 heterocycles. The van der Waals surface area contributed by atoms with Crippen LogP contribution in [0.2, 0.25) is 0 Å². The van der Waals surface area contributed by atoms with Crippen LogP contribution in [-0.4, -0.2) is 22.9 Å². The van der Waals surface area contributed by atoms with E-state index in [2.05, 4.69) is 37.4 Å². The summed E-state index contributed by atoms with van der Waals surface area (Å²) in [5.74, 6) is -0.0783. The highest BCUT2D eigenvalue weighted by Crippen LogP contribution is 2.20. The van der Waals surface area contributed by atoms with E-state index in [1.54, 1.807) is 0 Å². The minimum absolute atomic E-state index is 0.0783. The van der Waals surface area contributed by atoms with E-state index in [4.69, 9.17) is 0 Å². The smallest absolute Gasteiger partial charge is 0.305 e. The van der Waals surface area contributed by atoms with Crippen molar-refractivity contribution >= 4 is 21.9 Å². The van der Waals surface area contributed by atoms with Crippen molar-refractivity contribution in [1.29, 1.82) is 0 Å². The standard InChI is InChI=1S/C20H35BrN2O2/c1-17-20(21)18(2)23(22-17)16-14-12-10-8-6-4-5-7-9-11-13-15-19(24)25-3/h4-16H2,1-3H3. The first-order valence-corrected chi connectivity index (χ1v) is 10.6. The molecule has 0 amide bonds. The normalized spacial score (nSPS) is 11.0. The Morgan fingerprint density at radius 3 is 1.84 bits per heavy atom. The van der Waals surface area contributed by atoms with Crippen molar-refractivity contribution in [2.24, 2.45) is 0 Å². The lowest BCUT2D eigenvalue weighted by Crippen LogP contribution is -2.02. The zero-order valence-corrected chi connectivity index (χ0v) is 17.9. The first-order chi connectivity index (χ1) is 12.1. The number of halogens is 1. The van der Waals surface area contributed by atoms with E-state index < -0.39 is 0 Å². The molecule has 0 spiro atoms. The molecule has 0 N–H and O–H groups in total. The average molecular weight is 415 g/mol. The van der Waals surface area contributed by atoms with E-state index in [1.165, 1.54) is 70.6 Å². The summed E-state index contributed by atoms with van der Waals surface area (Å²) in [7, 11) is 1.46. The van der Waals surface area contributed by atoms with Gasteiger partial charge < -0.3 is 4.74 Å². The highest BCUT2D eigenvalue weighted by Gasteiger charge is 2.07. The van der Waals surface area contributed by atoms with Crippen molar-refractivity contribution in [2.45, 2.75) is 97.4 Å². The molecule has 0 atom stereocenters. The number of methoxy groups -OCH3 is 1. The highest BCUT2D eigenvalue weighted by molar-refractivity contribution is 9.10. The molecule has 144 valence electrons. The molecule has 5 heteroatoms. The highest BCUT2D eigenvalue weighted by atomic mass is 79.9. The number of aromatic nitrogens is 2. The predicted molar refractivity (Wildman–Crippen MR) is 107 cm³/mol. The number of hydrogen-bond donors (Lipinski definition) is 0. The summed E-state index contributed by atoms with van der Waals surface area (Å²) >= 11 is 3.58. The molecule has 0 fully saturated rings. The quantitative estimate of drug-likeness (QED) is 0.272. The first kappa shape index (κ1) is 22.2. The van der Waals surface area contributed by atoms with Crippen molar-refractivity contribution < 1.29 is 9.53 Å². The molecule has 0 aromatic carbocycles. The van der Waals surface area contributed by atoms with E-state index in [0.717, 1.165) is 29.6 Å². The number of nitrogens with zero attached hydrogens (tertiary/aromatic N) is 2. The largest absolute Gasteiger partial charge is 0.469 e. The molecule has 0 aliphatic carbocycles. The molecule has 0 aliphatic heterocycles. The van der Waals surface area contributed by atoms with Crippen molar-refractivity contribution in [3.05, 3.63) is 15.9 Å². The van der Waals surface area contributed by atoms with Crippen LogP contribution in [0.1, 0.15) is 88.4 Å². The zero-order valence-electron chi connectivity index (χ0n) is 16.3. The maximum atomic E-state index is 11.0. The topological polar surface area (TPSA) is 44.1 Å². The second kappa shape index (κ2) is 13.4. The van der Waals surface area contributed by atoms with Crippen molar-refractivity contribution in [3.63, 3.8) is 0 Å². The molecular weight excluding hydrogens is 380 g/mol. The molecule has 0 bridgehead atoms. The fourth-order valence-electron chi connectivity index (χ4n) is 3.12. The second-order valence-electron chi connectivity index (χ2n) is 6.92. The van der Waals surface area contributed by atoms with Gasteiger partial charge in [0, 0.05) is 18.7 Å². The summed E-state index contributed by atoms with van der Waals surface area (Å²) in [5.41, 5.74) is 2.33. The summed E-state index contributed by atoms with van der Waals surface area (Å²) in [5, 5.41) is 4.56. The number of ether oxygens (including phenoxy) is 1. The molecule has 0 unspecified atom stereocenters. The summed E-state index contributed by atoms with van der Waals surface area (Å²) in [6.45, 7) is 5.20. The third kappa shape index (κ3) is 9.43. The van der Waals surface area contributed by atoms with Gasteiger partial charge in [0.15, 0.2) is 0 Å². The Morgan fingerprint density at radius 1 is 0.920 bits per heavy atom. The number of unbranched alkanes of at least 4 members (excludes halogenated alkanes) is 10. The molecule has 0 saturated carbocycles. The summed E-state index contributed by atoms with van der Waals surface area (Å²) < 4.78 is 7.92. The van der Waals surface area contributed by atoms with Crippen molar-refractivity contribution in [1.82, 2.24) is 9.78 Å². The van der Waals surface area contributed by atoms with Gasteiger partial charge in [0.1, 0.15) is 0 Å². The van der Waals surface area contributed by atoms with E-state index in [9.17, 15) is 4.79 Å². The van der Waals surface area contributed by atoms with E-state index in [-0.39, 0.29) is 5.97 Å². The molecule has 0 saturated heterocycles. The summed E-state index contributed by atoms with van der Waals surface area (Å²) in [6.07, 6.45) is 14.5. The predicted octanol–water partition coefficient (Wildman–Crippen LogP) is 6.12. The van der Waals surface area contributed by atoms with E-state index in [1.807, 2.05) is 6.92 Å². The lowest BCUT2D eigenvalue weighted by Gasteiger charge is -2.05. The molecule has 0 radical (unpaired) electrons. The van der Waals surface area contributed by atoms with Crippen LogP contribution in [-0.2, 0) is 16.1 Å². The van der Waals surface area contributed by atoms with Crippen LogP contribution >= 0.6 is 15.9 Å². The minimum atomic E-state index is -0.0783. The molecule has 1 aromatic rings. The minimum Gasteiger partial charge on any atom is -0.469 e. The Kier molecular flexibility index (Phi) is 11.9. The molecular formula is C20H35BrN2O2. The van der Waals surface area contributed by atoms with Gasteiger partial charge in [-0.2, -0.15) is 5.10 Å². The van der Waals surface area contributed by atoms with Crippen molar-refractivity contribution in [3.8, 4) is 0 Å². The molecule has 1 rings (SSSR count). The SMILES string of the molecule is COC(=O)CCCCCCCCCCCCCn1nc(C)c(Br)c1C. The first-order valence-electron chi connectivity index (χ1n) is 9.82. The number of rotatable bonds is 14. The van der Waals surface area contributed by atoms with Crippen LogP contribution in [0.5, 0.6) is 0 Å². The number of hydrogen-bond acceptors (Lipinski definition) is 3. The average Bonchev–Trinajstić information content (AvgIpc) is 2.85. The lowest BCUT2D eigenvalue weighted by molar-refractivity contribution is -0.140. The van der Waals surface area contributed by atoms with Gasteiger partial charge in [-0.3, -0.25) is 9.48 Å². The lowest BCUT2D eigenvalue weighted by atomic mass is 10.1. The zero-order chi connectivity index (χ0) is 18.5. The van der Waals surface area contributed by atoms with Crippen LogP contribution in [0.25, 0.3) is 0 Å². The van der Waals surface area contributed by atoms with Gasteiger partial charge in [0.2, 0.25) is 0 Å². The third-order valence-electron chi connectivity index (χ3n) is 4.77. The summed E-state index contributed by atoms with van der Waals surface area (Å²) in [4.78, 5) is 11.0. The Morgan fingerprint density at radius 2 is 1.40 bits per heavy atom. The van der Waals surface area contributed by atoms with E-state index >= 15 is 0 Å². The second-order valence-corrected chi connectivity index (χ2v) is 7.72. The van der Waals surface area contributed by atoms with E-state index in [0.29, 0.717) is 6.42 Å². The Hall–Kier alpha value is -0.840. The van der Waals surface area contributed by atoms with Gasteiger partial charge in [0.05, 0.1) is 17.3 Å². The number of aryl methyl sites for hydroxylation is 2. The van der Waals surface area contributed by atoms with Crippen LogP contribution in [0, 0.1) is 13.8 Å². The number of carbonyl (C=O) groups is 1. The van der Waals surface area contributed by atoms with Crippen LogP contribution in [0.3, 0.4) is 0 Å². The van der Waals surface area contributed by atoms with Crippen molar-refractivity contribution in [2.75, 3.05) is 7.11 Å².